The van der Waals surface area contributed by atoms with Crippen LogP contribution in [0.2, 0.25) is 0 Å². The van der Waals surface area contributed by atoms with Gasteiger partial charge in [-0.1, -0.05) is 37.6 Å². The Morgan fingerprint density at radius 1 is 1.24 bits per heavy atom. The zero-order chi connectivity index (χ0) is 14.7. The number of aliphatic hydroxyl groups excluding tert-OH is 1. The lowest BCUT2D eigenvalue weighted by Crippen LogP contribution is -2.25. The van der Waals surface area contributed by atoms with Crippen molar-refractivity contribution >= 4 is 16.6 Å². The molecule has 1 N–H and O–H groups in total. The number of aliphatic hydroxyl groups is 1. The Morgan fingerprint density at radius 2 is 2.10 bits per heavy atom. The Labute approximate surface area is 126 Å². The van der Waals surface area contributed by atoms with Crippen LogP contribution < -0.4 is 4.90 Å². The molecule has 0 radical (unpaired) electrons. The molecular weight excluding hydrogens is 260 g/mol. The van der Waals surface area contributed by atoms with Crippen molar-refractivity contribution in [2.45, 2.75) is 39.2 Å². The van der Waals surface area contributed by atoms with Gasteiger partial charge in [0, 0.05) is 18.5 Å². The van der Waals surface area contributed by atoms with Gasteiger partial charge >= 0.3 is 0 Å². The third-order valence-electron chi connectivity index (χ3n) is 4.66. The van der Waals surface area contributed by atoms with Crippen LogP contribution in [0.5, 0.6) is 0 Å². The lowest BCUT2D eigenvalue weighted by Gasteiger charge is -2.24. The van der Waals surface area contributed by atoms with Gasteiger partial charge in [0.2, 0.25) is 0 Å². The van der Waals surface area contributed by atoms with E-state index in [0.29, 0.717) is 0 Å². The van der Waals surface area contributed by atoms with Crippen molar-refractivity contribution < 1.29 is 5.11 Å². The first kappa shape index (κ1) is 14.3. The van der Waals surface area contributed by atoms with Crippen LogP contribution in [0, 0.1) is 5.92 Å². The second-order valence-corrected chi connectivity index (χ2v) is 6.01. The molecule has 1 aliphatic heterocycles. The van der Waals surface area contributed by atoms with Crippen molar-refractivity contribution in [3.05, 3.63) is 36.0 Å². The molecule has 112 valence electrons. The molecule has 2 heterocycles. The first-order chi connectivity index (χ1) is 10.3. The molecule has 0 amide bonds. The number of pyridine rings is 1. The number of hydrogen-bond acceptors (Lipinski definition) is 3. The molecule has 3 nitrogen and oxygen atoms in total. The maximum atomic E-state index is 9.47. The van der Waals surface area contributed by atoms with E-state index in [1.165, 1.54) is 36.5 Å². The van der Waals surface area contributed by atoms with Crippen LogP contribution >= 0.6 is 0 Å². The molecule has 1 aromatic carbocycles. The molecule has 1 saturated heterocycles. The summed E-state index contributed by atoms with van der Waals surface area (Å²) in [5, 5.41) is 11.8. The summed E-state index contributed by atoms with van der Waals surface area (Å²) in [7, 11) is 0. The van der Waals surface area contributed by atoms with E-state index in [1.54, 1.807) is 0 Å². The molecule has 0 saturated carbocycles. The van der Waals surface area contributed by atoms with Gasteiger partial charge < -0.3 is 10.0 Å². The first-order valence-corrected chi connectivity index (χ1v) is 8.06. The molecular formula is C18H24N2O. The third-order valence-corrected chi connectivity index (χ3v) is 4.66. The number of anilines is 1. The van der Waals surface area contributed by atoms with Crippen LogP contribution in [0.4, 0.5) is 5.82 Å². The van der Waals surface area contributed by atoms with Crippen LogP contribution in [0.25, 0.3) is 10.8 Å². The summed E-state index contributed by atoms with van der Waals surface area (Å²) in [6.45, 7) is 4.44. The van der Waals surface area contributed by atoms with Crippen molar-refractivity contribution in [2.24, 2.45) is 5.92 Å². The van der Waals surface area contributed by atoms with Crippen molar-refractivity contribution in [3.63, 3.8) is 0 Å². The second kappa shape index (κ2) is 6.44. The highest BCUT2D eigenvalue weighted by Crippen LogP contribution is 2.29. The largest absolute Gasteiger partial charge is 0.390 e. The van der Waals surface area contributed by atoms with Gasteiger partial charge in [0.25, 0.3) is 0 Å². The summed E-state index contributed by atoms with van der Waals surface area (Å²) < 4.78 is 0. The molecule has 1 atom stereocenters. The Bertz CT molecular complexity index is 611. The summed E-state index contributed by atoms with van der Waals surface area (Å²) in [6, 6.07) is 10.3. The fourth-order valence-corrected chi connectivity index (χ4v) is 3.34. The summed E-state index contributed by atoms with van der Waals surface area (Å²) in [5.41, 5.74) is 0.764. The van der Waals surface area contributed by atoms with Gasteiger partial charge in [0.05, 0.1) is 12.3 Å². The minimum atomic E-state index is 0.00323. The minimum Gasteiger partial charge on any atom is -0.390 e. The maximum Gasteiger partial charge on any atom is 0.136 e. The fourth-order valence-electron chi connectivity index (χ4n) is 3.34. The topological polar surface area (TPSA) is 36.4 Å². The molecule has 1 aromatic heterocycles. The highest BCUT2D eigenvalue weighted by Gasteiger charge is 2.19. The number of rotatable bonds is 3. The molecule has 0 aliphatic carbocycles. The number of hydrogen-bond donors (Lipinski definition) is 1. The SMILES string of the molecule is CCC1CCCN(c2nc(CO)cc3ccccc23)CC1. The lowest BCUT2D eigenvalue weighted by atomic mass is 9.98. The van der Waals surface area contributed by atoms with E-state index in [4.69, 9.17) is 4.98 Å². The van der Waals surface area contributed by atoms with E-state index in [9.17, 15) is 5.11 Å². The molecule has 21 heavy (non-hydrogen) atoms. The van der Waals surface area contributed by atoms with Crippen LogP contribution in [-0.2, 0) is 6.61 Å². The zero-order valence-corrected chi connectivity index (χ0v) is 12.8. The number of fused-ring (bicyclic) bond motifs is 1. The van der Waals surface area contributed by atoms with Crippen LogP contribution in [0.3, 0.4) is 0 Å². The summed E-state index contributed by atoms with van der Waals surface area (Å²) >= 11 is 0. The van der Waals surface area contributed by atoms with Crippen molar-refractivity contribution in [2.75, 3.05) is 18.0 Å². The zero-order valence-electron chi connectivity index (χ0n) is 12.8. The summed E-state index contributed by atoms with van der Waals surface area (Å²) in [5.74, 6) is 1.90. The van der Waals surface area contributed by atoms with Gasteiger partial charge in [-0.15, -0.1) is 0 Å². The number of nitrogens with zero attached hydrogens (tertiary/aromatic N) is 2. The quantitative estimate of drug-likeness (QED) is 0.932. The van der Waals surface area contributed by atoms with Gasteiger partial charge in [-0.2, -0.15) is 0 Å². The number of benzene rings is 1. The summed E-state index contributed by atoms with van der Waals surface area (Å²) in [4.78, 5) is 7.13. The van der Waals surface area contributed by atoms with Crippen LogP contribution in [-0.4, -0.2) is 23.2 Å². The van der Waals surface area contributed by atoms with Gasteiger partial charge in [-0.25, -0.2) is 4.98 Å². The van der Waals surface area contributed by atoms with E-state index < -0.39 is 0 Å². The summed E-state index contributed by atoms with van der Waals surface area (Å²) in [6.07, 6.45) is 5.08. The normalized spacial score (nSPS) is 19.7. The Balaban J connectivity index is 1.98. The fraction of sp³-hybridized carbons (Fsp3) is 0.500. The van der Waals surface area contributed by atoms with Gasteiger partial charge in [0.15, 0.2) is 0 Å². The van der Waals surface area contributed by atoms with E-state index >= 15 is 0 Å². The van der Waals surface area contributed by atoms with E-state index in [-0.39, 0.29) is 6.61 Å². The molecule has 0 bridgehead atoms. The predicted octanol–water partition coefficient (Wildman–Crippen LogP) is 3.74. The Kier molecular flexibility index (Phi) is 4.39. The average molecular weight is 284 g/mol. The molecule has 1 fully saturated rings. The molecule has 0 spiro atoms. The van der Waals surface area contributed by atoms with Gasteiger partial charge in [0.1, 0.15) is 5.82 Å². The highest BCUT2D eigenvalue weighted by molar-refractivity contribution is 5.92. The molecule has 1 unspecified atom stereocenters. The maximum absolute atomic E-state index is 9.47. The second-order valence-electron chi connectivity index (χ2n) is 6.01. The van der Waals surface area contributed by atoms with Crippen LogP contribution in [0.15, 0.2) is 30.3 Å². The highest BCUT2D eigenvalue weighted by atomic mass is 16.3. The Hall–Kier alpha value is -1.61. The van der Waals surface area contributed by atoms with Gasteiger partial charge in [-0.05, 0) is 36.6 Å². The predicted molar refractivity (Wildman–Crippen MR) is 87.5 cm³/mol. The van der Waals surface area contributed by atoms with E-state index in [1.807, 2.05) is 12.1 Å². The van der Waals surface area contributed by atoms with E-state index in [0.717, 1.165) is 30.5 Å². The Morgan fingerprint density at radius 3 is 2.90 bits per heavy atom. The third kappa shape index (κ3) is 3.03. The van der Waals surface area contributed by atoms with Crippen LogP contribution in [0.1, 0.15) is 38.3 Å². The minimum absolute atomic E-state index is 0.00323. The average Bonchev–Trinajstić information content (AvgIpc) is 2.79. The molecule has 1 aliphatic rings. The smallest absolute Gasteiger partial charge is 0.136 e. The van der Waals surface area contributed by atoms with E-state index in [2.05, 4.69) is 30.0 Å². The monoisotopic (exact) mass is 284 g/mol. The van der Waals surface area contributed by atoms with Crippen molar-refractivity contribution in [1.29, 1.82) is 0 Å². The number of aromatic nitrogens is 1. The van der Waals surface area contributed by atoms with Crippen molar-refractivity contribution in [1.82, 2.24) is 4.98 Å². The first-order valence-electron chi connectivity index (χ1n) is 8.06. The molecule has 2 aromatic rings. The standard InChI is InChI=1S/C18H24N2O/c1-2-14-6-5-10-20(11-9-14)18-17-8-4-3-7-15(17)12-16(13-21)19-18/h3-4,7-8,12,14,21H,2,5-6,9-11,13H2,1H3. The van der Waals surface area contributed by atoms with Gasteiger partial charge in [-0.3, -0.25) is 0 Å². The van der Waals surface area contributed by atoms with Crippen molar-refractivity contribution in [3.8, 4) is 0 Å². The molecule has 3 heteroatoms. The lowest BCUT2D eigenvalue weighted by molar-refractivity contribution is 0.277. The molecule has 3 rings (SSSR count).